The van der Waals surface area contributed by atoms with E-state index in [0.717, 1.165) is 13.1 Å². The average molecular weight is 280 g/mol. The van der Waals surface area contributed by atoms with Crippen LogP contribution in [0.3, 0.4) is 0 Å². The normalized spacial score (nSPS) is 3.76. The first kappa shape index (κ1) is 44.3. The van der Waals surface area contributed by atoms with E-state index in [9.17, 15) is 0 Å². The molecule has 0 rings (SSSR count). The number of hydrogen-bond acceptors (Lipinski definition) is 2. The third-order valence-electron chi connectivity index (χ3n) is 0.479. The van der Waals surface area contributed by atoms with Crippen LogP contribution in [0.1, 0.15) is 13.8 Å². The molecule has 0 bridgehead atoms. The predicted octanol–water partition coefficient (Wildman–Crippen LogP) is -0.0696. The summed E-state index contributed by atoms with van der Waals surface area (Å²) in [5.74, 6) is 0. The van der Waals surface area contributed by atoms with Gasteiger partial charge in [0.05, 0.1) is 0 Å². The van der Waals surface area contributed by atoms with Crippen LogP contribution in [0.2, 0.25) is 0 Å². The molecule has 0 aliphatic heterocycles. The number of hydrazine groups is 1. The molecule has 94 valence electrons. The molecule has 0 radical (unpaired) electrons. The Morgan fingerprint density at radius 3 is 0.765 bits per heavy atom. The summed E-state index contributed by atoms with van der Waals surface area (Å²) in [5.41, 5.74) is 5.90. The molecule has 17 heavy (non-hydrogen) atoms. The fraction of sp³-hybridized carbons (Fsp3) is 0.444. The van der Waals surface area contributed by atoms with Gasteiger partial charge in [-0.25, -0.2) is 0 Å². The Balaban J connectivity index is -0.0000000158. The van der Waals surface area contributed by atoms with Crippen molar-refractivity contribution >= 4 is 0 Å². The van der Waals surface area contributed by atoms with Gasteiger partial charge in [0.15, 0.2) is 0 Å². The van der Waals surface area contributed by atoms with Crippen molar-refractivity contribution in [1.29, 1.82) is 0 Å². The summed E-state index contributed by atoms with van der Waals surface area (Å²) in [4.78, 5) is 0. The van der Waals surface area contributed by atoms with Crippen molar-refractivity contribution in [2.45, 2.75) is 13.8 Å². The van der Waals surface area contributed by atoms with Crippen LogP contribution in [-0.2, 0) is 40.6 Å². The van der Waals surface area contributed by atoms with Crippen LogP contribution >= 0.6 is 0 Å². The van der Waals surface area contributed by atoms with Crippen LogP contribution in [0.4, 0.5) is 0 Å². The molecule has 0 saturated heterocycles. The minimum absolute atomic E-state index is 0. The zero-order chi connectivity index (χ0) is 14.8. The van der Waals surface area contributed by atoms with E-state index >= 15 is 0 Å². The van der Waals surface area contributed by atoms with Gasteiger partial charge in [-0.15, -0.1) is 0 Å². The van der Waals surface area contributed by atoms with Crippen molar-refractivity contribution in [3.05, 3.63) is 33.3 Å². The van der Waals surface area contributed by atoms with Crippen molar-refractivity contribution < 1.29 is 40.6 Å². The summed E-state index contributed by atoms with van der Waals surface area (Å²) in [5, 5.41) is 0. The van der Waals surface area contributed by atoms with Crippen molar-refractivity contribution in [2.75, 3.05) is 13.1 Å². The maximum Gasteiger partial charge on any atom is 0 e. The van der Waals surface area contributed by atoms with Crippen LogP contribution in [0.5, 0.6) is 0 Å². The second kappa shape index (κ2) is 305. The molecule has 0 aromatic carbocycles. The van der Waals surface area contributed by atoms with Crippen molar-refractivity contribution in [1.82, 2.24) is 10.9 Å². The molecule has 0 amide bonds. The molecule has 0 aliphatic rings. The van der Waals surface area contributed by atoms with E-state index in [4.69, 9.17) is 23.3 Å². The standard InChI is InChI=1S/C4H12N2.5CO.Cr/c1-3-5-6-4-2;5*1-2;/h5-6H,3-4H2,1-2H3;;;;;;. The van der Waals surface area contributed by atoms with Crippen LogP contribution in [0, 0.1) is 33.3 Å². The molecule has 2 N–H and O–H groups in total. The molecule has 0 aromatic heterocycles. The number of nitrogens with one attached hydrogen (secondary N) is 2. The van der Waals surface area contributed by atoms with Crippen LogP contribution in [-0.4, -0.2) is 13.1 Å². The van der Waals surface area contributed by atoms with Gasteiger partial charge >= 0.3 is 56.5 Å². The second-order valence-corrected chi connectivity index (χ2v) is 1.06. The molecule has 0 unspecified atom stereocenters. The monoisotopic (exact) mass is 280 g/mol. The molecule has 0 aromatic rings. The van der Waals surface area contributed by atoms with Gasteiger partial charge in [0.25, 0.3) is 0 Å². The first-order chi connectivity index (χ1) is 7.91. The molecule has 8 heteroatoms. The third kappa shape index (κ3) is 566. The van der Waals surface area contributed by atoms with Gasteiger partial charge in [0, 0.05) is 30.5 Å². The molecular weight excluding hydrogens is 268 g/mol. The topological polar surface area (TPSA) is 124 Å². The van der Waals surface area contributed by atoms with Gasteiger partial charge in [-0.1, -0.05) is 13.8 Å². The fourth-order valence-corrected chi connectivity index (χ4v) is 0.250. The molecule has 0 heterocycles. The molecule has 0 spiro atoms. The van der Waals surface area contributed by atoms with E-state index in [1.807, 2.05) is 0 Å². The van der Waals surface area contributed by atoms with E-state index in [-0.39, 0.29) is 17.4 Å². The summed E-state index contributed by atoms with van der Waals surface area (Å²) in [6.07, 6.45) is 0. The Kier molecular flexibility index (Phi) is 795. The zero-order valence-corrected chi connectivity index (χ0v) is 10.6. The van der Waals surface area contributed by atoms with Crippen molar-refractivity contribution in [2.24, 2.45) is 0 Å². The Morgan fingerprint density at radius 2 is 0.706 bits per heavy atom. The van der Waals surface area contributed by atoms with E-state index < -0.39 is 0 Å². The van der Waals surface area contributed by atoms with E-state index in [1.54, 1.807) is 0 Å². The van der Waals surface area contributed by atoms with Crippen LogP contribution in [0.25, 0.3) is 0 Å². The fourth-order valence-electron chi connectivity index (χ4n) is 0.250. The smallest absolute Gasteiger partial charge is 0 e. The van der Waals surface area contributed by atoms with Crippen molar-refractivity contribution in [3.8, 4) is 0 Å². The van der Waals surface area contributed by atoms with Gasteiger partial charge in [-0.2, -0.15) is 0 Å². The number of hydrogen-bond donors (Lipinski definition) is 2. The molecule has 0 aliphatic carbocycles. The largest absolute Gasteiger partial charge is 0 e. The second-order valence-electron chi connectivity index (χ2n) is 1.06. The van der Waals surface area contributed by atoms with Gasteiger partial charge in [-0.05, 0) is 0 Å². The van der Waals surface area contributed by atoms with Gasteiger partial charge in [0.1, 0.15) is 0 Å². The van der Waals surface area contributed by atoms with Gasteiger partial charge in [-0.3, -0.25) is 10.9 Å². The molecule has 0 fully saturated rings. The quantitative estimate of drug-likeness (QED) is 0.325. The van der Waals surface area contributed by atoms with Crippen LogP contribution < -0.4 is 10.9 Å². The molecule has 0 saturated carbocycles. The molecular formula is C9H12CrN2O5. The minimum Gasteiger partial charge on any atom is 0 e. The molecule has 0 atom stereocenters. The van der Waals surface area contributed by atoms with Gasteiger partial charge in [0.2, 0.25) is 0 Å². The maximum absolute atomic E-state index is 7.50. The third-order valence-corrected chi connectivity index (χ3v) is 0.479. The first-order valence-corrected chi connectivity index (χ1v) is 3.39. The van der Waals surface area contributed by atoms with Gasteiger partial charge < -0.3 is 0 Å². The predicted molar refractivity (Wildman–Crippen MR) is 47.0 cm³/mol. The summed E-state index contributed by atoms with van der Waals surface area (Å²) < 4.78 is 37.5. The SMILES string of the molecule is CCNNCC.[C-]#[O+].[C-]#[O+].[C-]#[O+].[C-]#[O+].[C-]#[O+].[Cr]. The Labute approximate surface area is 112 Å². The molecule has 7 nitrogen and oxygen atoms in total. The van der Waals surface area contributed by atoms with Crippen LogP contribution in [0.15, 0.2) is 0 Å². The Morgan fingerprint density at radius 1 is 0.588 bits per heavy atom. The summed E-state index contributed by atoms with van der Waals surface area (Å²) in [6.45, 7) is 28.6. The maximum atomic E-state index is 7.50. The summed E-state index contributed by atoms with van der Waals surface area (Å²) >= 11 is 0. The summed E-state index contributed by atoms with van der Waals surface area (Å²) in [6, 6.07) is 0. The first-order valence-electron chi connectivity index (χ1n) is 3.39. The van der Waals surface area contributed by atoms with E-state index in [2.05, 4.69) is 58.0 Å². The van der Waals surface area contributed by atoms with Crippen molar-refractivity contribution in [3.63, 3.8) is 0 Å². The Bertz CT molecular complexity index is 126. The zero-order valence-electron chi connectivity index (χ0n) is 9.36. The van der Waals surface area contributed by atoms with E-state index in [1.165, 1.54) is 0 Å². The Hall–Kier alpha value is -0.848. The number of rotatable bonds is 3. The minimum atomic E-state index is 0. The van der Waals surface area contributed by atoms with E-state index in [0.29, 0.717) is 0 Å². The average Bonchev–Trinajstić information content (AvgIpc) is 2.47. The summed E-state index contributed by atoms with van der Waals surface area (Å²) in [7, 11) is 0.